The summed E-state index contributed by atoms with van der Waals surface area (Å²) in [5.74, 6) is 0.00518. The molecule has 1 aliphatic rings. The summed E-state index contributed by atoms with van der Waals surface area (Å²) in [6, 6.07) is 2.59. The van der Waals surface area contributed by atoms with Crippen LogP contribution in [-0.2, 0) is 0 Å². The molecule has 0 saturated heterocycles. The summed E-state index contributed by atoms with van der Waals surface area (Å²) in [6.45, 7) is 1.63. The van der Waals surface area contributed by atoms with Crippen LogP contribution in [0.5, 0.6) is 0 Å². The average molecular weight is 382 g/mol. The summed E-state index contributed by atoms with van der Waals surface area (Å²) >= 11 is 8.21. The number of amides is 1. The minimum atomic E-state index is 0.00518. The van der Waals surface area contributed by atoms with Crippen molar-refractivity contribution >= 4 is 49.1 Å². The van der Waals surface area contributed by atoms with Crippen LogP contribution in [0, 0.1) is 0 Å². The lowest BCUT2D eigenvalue weighted by Gasteiger charge is -2.15. The van der Waals surface area contributed by atoms with Crippen LogP contribution >= 0.6 is 43.2 Å². The van der Waals surface area contributed by atoms with Gasteiger partial charge in [-0.25, -0.2) is 0 Å². The maximum absolute atomic E-state index is 11.8. The smallest absolute Gasteiger partial charge is 0.261 e. The topological polar surface area (TPSA) is 32.3 Å². The molecule has 1 aromatic heterocycles. The summed E-state index contributed by atoms with van der Waals surface area (Å²) in [6.07, 6.45) is 2.60. The maximum atomic E-state index is 11.8. The van der Waals surface area contributed by atoms with Gasteiger partial charge >= 0.3 is 0 Å². The minimum absolute atomic E-state index is 0.00518. The summed E-state index contributed by atoms with van der Waals surface area (Å²) in [5, 5.41) is 2.94. The summed E-state index contributed by atoms with van der Waals surface area (Å²) in [4.78, 5) is 14.9. The molecular weight excluding hydrogens is 368 g/mol. The van der Waals surface area contributed by atoms with Crippen molar-refractivity contribution < 1.29 is 4.79 Å². The second kappa shape index (κ2) is 5.82. The van der Waals surface area contributed by atoms with Crippen molar-refractivity contribution in [2.75, 3.05) is 20.1 Å². The molecule has 1 saturated carbocycles. The Morgan fingerprint density at radius 3 is 2.82 bits per heavy atom. The molecule has 0 radical (unpaired) electrons. The highest BCUT2D eigenvalue weighted by atomic mass is 79.9. The van der Waals surface area contributed by atoms with Gasteiger partial charge in [-0.2, -0.15) is 0 Å². The molecule has 1 fully saturated rings. The summed E-state index contributed by atoms with van der Waals surface area (Å²) in [7, 11) is 2.11. The van der Waals surface area contributed by atoms with Gasteiger partial charge in [-0.15, -0.1) is 11.3 Å². The van der Waals surface area contributed by atoms with Gasteiger partial charge in [-0.05, 0) is 57.8 Å². The number of halogens is 2. The van der Waals surface area contributed by atoms with Crippen LogP contribution in [0.2, 0.25) is 0 Å². The Kier molecular flexibility index (Phi) is 4.63. The molecule has 0 spiro atoms. The first-order valence-electron chi connectivity index (χ1n) is 5.51. The van der Waals surface area contributed by atoms with Crippen molar-refractivity contribution in [1.29, 1.82) is 0 Å². The quantitative estimate of drug-likeness (QED) is 0.849. The number of hydrogen-bond donors (Lipinski definition) is 1. The Labute approximate surface area is 122 Å². The zero-order valence-electron chi connectivity index (χ0n) is 9.50. The fourth-order valence-corrected chi connectivity index (χ4v) is 3.54. The van der Waals surface area contributed by atoms with E-state index in [1.165, 1.54) is 24.2 Å². The van der Waals surface area contributed by atoms with Crippen molar-refractivity contribution in [2.45, 2.75) is 18.9 Å². The number of rotatable bonds is 5. The third-order valence-corrected chi connectivity index (χ3v) is 6.04. The number of thiophene rings is 1. The zero-order chi connectivity index (χ0) is 12.4. The third kappa shape index (κ3) is 3.77. The van der Waals surface area contributed by atoms with E-state index in [1.54, 1.807) is 0 Å². The summed E-state index contributed by atoms with van der Waals surface area (Å²) in [5.41, 5.74) is 0. The van der Waals surface area contributed by atoms with E-state index in [9.17, 15) is 4.79 Å². The van der Waals surface area contributed by atoms with E-state index in [1.807, 2.05) is 6.07 Å². The summed E-state index contributed by atoms with van der Waals surface area (Å²) < 4.78 is 1.89. The lowest BCUT2D eigenvalue weighted by Crippen LogP contribution is -2.33. The standard InChI is InChI=1S/C11H14Br2N2OS/c1-15(7-2-3-7)5-4-14-11(16)9-6-8(12)10(13)17-9/h6-7H,2-5H2,1H3,(H,14,16). The molecule has 2 rings (SSSR count). The maximum Gasteiger partial charge on any atom is 0.261 e. The highest BCUT2D eigenvalue weighted by Crippen LogP contribution is 2.32. The zero-order valence-corrected chi connectivity index (χ0v) is 13.5. The Morgan fingerprint density at radius 1 is 1.59 bits per heavy atom. The molecule has 3 nitrogen and oxygen atoms in total. The predicted molar refractivity (Wildman–Crippen MR) is 77.7 cm³/mol. The number of carbonyl (C=O) groups is 1. The minimum Gasteiger partial charge on any atom is -0.350 e. The number of nitrogens with zero attached hydrogens (tertiary/aromatic N) is 1. The first-order valence-corrected chi connectivity index (χ1v) is 7.91. The fraction of sp³-hybridized carbons (Fsp3) is 0.545. The highest BCUT2D eigenvalue weighted by Gasteiger charge is 2.25. The number of nitrogens with one attached hydrogen (secondary N) is 1. The van der Waals surface area contributed by atoms with Gasteiger partial charge in [-0.3, -0.25) is 4.79 Å². The van der Waals surface area contributed by atoms with E-state index in [4.69, 9.17) is 0 Å². The third-order valence-electron chi connectivity index (χ3n) is 2.79. The van der Waals surface area contributed by atoms with E-state index >= 15 is 0 Å². The van der Waals surface area contributed by atoms with E-state index < -0.39 is 0 Å². The molecule has 1 amide bonds. The van der Waals surface area contributed by atoms with Gasteiger partial charge in [0.05, 0.1) is 8.66 Å². The Bertz CT molecular complexity index is 398. The second-order valence-corrected chi connectivity index (χ2v) is 7.42. The number of likely N-dealkylation sites (N-methyl/N-ethyl adjacent to an activating group) is 1. The Hall–Kier alpha value is 0.0900. The van der Waals surface area contributed by atoms with Gasteiger partial charge in [0.25, 0.3) is 5.91 Å². The van der Waals surface area contributed by atoms with Crippen molar-refractivity contribution in [2.24, 2.45) is 0 Å². The van der Waals surface area contributed by atoms with Gasteiger partial charge in [0, 0.05) is 23.6 Å². The number of carbonyl (C=O) groups excluding carboxylic acids is 1. The van der Waals surface area contributed by atoms with Crippen LogP contribution in [0.25, 0.3) is 0 Å². The highest BCUT2D eigenvalue weighted by molar-refractivity contribution is 9.13. The van der Waals surface area contributed by atoms with E-state index in [0.717, 1.165) is 25.7 Å². The van der Waals surface area contributed by atoms with Crippen molar-refractivity contribution in [3.63, 3.8) is 0 Å². The van der Waals surface area contributed by atoms with Crippen LogP contribution in [-0.4, -0.2) is 37.0 Å². The largest absolute Gasteiger partial charge is 0.350 e. The molecule has 0 atom stereocenters. The molecule has 94 valence electrons. The van der Waals surface area contributed by atoms with Crippen LogP contribution in [0.4, 0.5) is 0 Å². The van der Waals surface area contributed by atoms with Crippen molar-refractivity contribution in [1.82, 2.24) is 10.2 Å². The Balaban J connectivity index is 1.76. The monoisotopic (exact) mass is 380 g/mol. The SMILES string of the molecule is CN(CCNC(=O)c1cc(Br)c(Br)s1)C1CC1. The molecule has 17 heavy (non-hydrogen) atoms. The van der Waals surface area contributed by atoms with Gasteiger partial charge in [0.2, 0.25) is 0 Å². The molecule has 1 aliphatic carbocycles. The molecule has 1 N–H and O–H groups in total. The predicted octanol–water partition coefficient (Wildman–Crippen LogP) is 3.10. The first-order chi connectivity index (χ1) is 8.08. The van der Waals surface area contributed by atoms with Gasteiger partial charge < -0.3 is 10.2 Å². The lowest BCUT2D eigenvalue weighted by molar-refractivity contribution is 0.0953. The average Bonchev–Trinajstić information content (AvgIpc) is 3.06. The Morgan fingerprint density at radius 2 is 2.29 bits per heavy atom. The van der Waals surface area contributed by atoms with Crippen molar-refractivity contribution in [3.05, 3.63) is 19.2 Å². The first kappa shape index (κ1) is 13.5. The normalized spacial score (nSPS) is 15.3. The van der Waals surface area contributed by atoms with E-state index in [-0.39, 0.29) is 5.91 Å². The van der Waals surface area contributed by atoms with Crippen LogP contribution < -0.4 is 5.32 Å². The lowest BCUT2D eigenvalue weighted by atomic mass is 10.4. The van der Waals surface area contributed by atoms with Gasteiger partial charge in [0.15, 0.2) is 0 Å². The van der Waals surface area contributed by atoms with Gasteiger partial charge in [0.1, 0.15) is 0 Å². The molecule has 0 unspecified atom stereocenters. The van der Waals surface area contributed by atoms with Crippen LogP contribution in [0.3, 0.4) is 0 Å². The van der Waals surface area contributed by atoms with Crippen LogP contribution in [0.1, 0.15) is 22.5 Å². The molecule has 0 aromatic carbocycles. The van der Waals surface area contributed by atoms with Crippen LogP contribution in [0.15, 0.2) is 14.3 Å². The molecular formula is C11H14Br2N2OS. The molecule has 1 heterocycles. The van der Waals surface area contributed by atoms with Crippen molar-refractivity contribution in [3.8, 4) is 0 Å². The van der Waals surface area contributed by atoms with E-state index in [0.29, 0.717) is 6.54 Å². The van der Waals surface area contributed by atoms with Gasteiger partial charge in [-0.1, -0.05) is 0 Å². The van der Waals surface area contributed by atoms with E-state index in [2.05, 4.69) is 49.1 Å². The number of hydrogen-bond acceptors (Lipinski definition) is 3. The molecule has 1 aromatic rings. The fourth-order valence-electron chi connectivity index (χ4n) is 1.59. The molecule has 0 aliphatic heterocycles. The second-order valence-electron chi connectivity index (χ2n) is 4.20. The molecule has 0 bridgehead atoms. The molecule has 6 heteroatoms.